The Kier molecular flexibility index (Phi) is 8.27. The van der Waals surface area contributed by atoms with Crippen LogP contribution >= 0.6 is 11.3 Å². The van der Waals surface area contributed by atoms with Crippen molar-refractivity contribution in [3.8, 4) is 11.1 Å². The largest absolute Gasteiger partial charge is 0.449 e. The number of carbonyl (C=O) groups excluding carboxylic acids is 2. The molecular formula is C24H29N3O5S2. The van der Waals surface area contributed by atoms with E-state index < -0.39 is 16.1 Å². The fourth-order valence-corrected chi connectivity index (χ4v) is 6.21. The quantitative estimate of drug-likeness (QED) is 0.315. The van der Waals surface area contributed by atoms with Gasteiger partial charge in [0, 0.05) is 29.2 Å². The topological polar surface area (TPSA) is 107 Å². The van der Waals surface area contributed by atoms with E-state index in [1.165, 1.54) is 4.68 Å². The number of sulfonamides is 1. The Morgan fingerprint density at radius 1 is 1.18 bits per heavy atom. The third-order valence-corrected chi connectivity index (χ3v) is 8.07. The summed E-state index contributed by atoms with van der Waals surface area (Å²) in [5.74, 6) is 0.148. The van der Waals surface area contributed by atoms with Crippen LogP contribution in [0.5, 0.6) is 0 Å². The van der Waals surface area contributed by atoms with Crippen LogP contribution in [-0.2, 0) is 28.2 Å². The Bertz CT molecular complexity index is 1260. The van der Waals surface area contributed by atoms with Gasteiger partial charge in [0.1, 0.15) is 9.90 Å². The molecule has 0 unspecified atom stereocenters. The summed E-state index contributed by atoms with van der Waals surface area (Å²) < 4.78 is 34.7. The van der Waals surface area contributed by atoms with Gasteiger partial charge in [0.25, 0.3) is 10.0 Å². The molecule has 0 saturated carbocycles. The highest BCUT2D eigenvalue weighted by Crippen LogP contribution is 2.36. The number of unbranched alkanes of at least 4 members (excludes halogenated alkanes) is 1. The maximum Gasteiger partial charge on any atom is 0.421 e. The molecule has 34 heavy (non-hydrogen) atoms. The Hall–Kier alpha value is -2.98. The molecule has 1 amide bonds. The minimum absolute atomic E-state index is 0.0429. The number of benzene rings is 1. The van der Waals surface area contributed by atoms with Crippen molar-refractivity contribution in [2.75, 3.05) is 6.61 Å². The van der Waals surface area contributed by atoms with E-state index in [1.807, 2.05) is 17.7 Å². The molecule has 1 N–H and O–H groups in total. The first-order valence-electron chi connectivity index (χ1n) is 11.1. The van der Waals surface area contributed by atoms with Crippen LogP contribution in [0, 0.1) is 5.92 Å². The lowest BCUT2D eigenvalue weighted by atomic mass is 10.0. The summed E-state index contributed by atoms with van der Waals surface area (Å²) in [4.78, 5) is 25.7. The summed E-state index contributed by atoms with van der Waals surface area (Å²) >= 11 is 1.13. The number of ketones is 1. The van der Waals surface area contributed by atoms with E-state index in [9.17, 15) is 18.0 Å². The Morgan fingerprint density at radius 2 is 1.88 bits per heavy atom. The van der Waals surface area contributed by atoms with Crippen molar-refractivity contribution in [3.63, 3.8) is 0 Å². The minimum atomic E-state index is -4.14. The van der Waals surface area contributed by atoms with E-state index in [0.717, 1.165) is 22.6 Å². The molecule has 2 aromatic heterocycles. The van der Waals surface area contributed by atoms with E-state index in [-0.39, 0.29) is 16.6 Å². The van der Waals surface area contributed by atoms with E-state index in [1.54, 1.807) is 43.6 Å². The van der Waals surface area contributed by atoms with Crippen molar-refractivity contribution in [2.24, 2.45) is 13.0 Å². The third kappa shape index (κ3) is 6.12. The number of thiophene rings is 1. The molecule has 0 radical (unpaired) electrons. The summed E-state index contributed by atoms with van der Waals surface area (Å²) in [5.41, 5.74) is 2.03. The number of nitrogens with zero attached hydrogens (tertiary/aromatic N) is 2. The highest BCUT2D eigenvalue weighted by molar-refractivity contribution is 7.92. The SMILES string of the molecule is CCCCOC(=O)NS(=O)(=O)c1sc(CC(C)C)cc1-c1ccc(C(=O)c2ccnn2C)cc1. The van der Waals surface area contributed by atoms with Crippen LogP contribution in [0.1, 0.15) is 54.5 Å². The Labute approximate surface area is 204 Å². The highest BCUT2D eigenvalue weighted by Gasteiger charge is 2.26. The zero-order valence-electron chi connectivity index (χ0n) is 19.7. The number of aryl methyl sites for hydroxylation is 1. The van der Waals surface area contributed by atoms with Gasteiger partial charge in [0.05, 0.1) is 6.61 Å². The monoisotopic (exact) mass is 503 g/mol. The first-order valence-corrected chi connectivity index (χ1v) is 13.4. The van der Waals surface area contributed by atoms with Crippen LogP contribution in [-0.4, -0.2) is 36.7 Å². The molecule has 8 nitrogen and oxygen atoms in total. The zero-order valence-corrected chi connectivity index (χ0v) is 21.3. The van der Waals surface area contributed by atoms with Gasteiger partial charge in [-0.25, -0.2) is 17.9 Å². The predicted octanol–water partition coefficient (Wildman–Crippen LogP) is 4.79. The summed E-state index contributed by atoms with van der Waals surface area (Å²) in [6, 6.07) is 10.2. The first kappa shape index (κ1) is 25.6. The van der Waals surface area contributed by atoms with E-state index in [4.69, 9.17) is 4.74 Å². The zero-order chi connectivity index (χ0) is 24.9. The molecule has 0 aliphatic rings. The molecule has 0 saturated heterocycles. The number of aromatic nitrogens is 2. The molecule has 0 fully saturated rings. The molecule has 0 aliphatic carbocycles. The van der Waals surface area contributed by atoms with Crippen LogP contribution in [0.3, 0.4) is 0 Å². The van der Waals surface area contributed by atoms with Gasteiger partial charge in [-0.3, -0.25) is 9.48 Å². The molecule has 0 bridgehead atoms. The number of nitrogens with one attached hydrogen (secondary N) is 1. The van der Waals surface area contributed by atoms with Crippen molar-refractivity contribution in [1.82, 2.24) is 14.5 Å². The van der Waals surface area contributed by atoms with Gasteiger partial charge in [0.2, 0.25) is 5.78 Å². The molecule has 182 valence electrons. The minimum Gasteiger partial charge on any atom is -0.449 e. The van der Waals surface area contributed by atoms with Crippen LogP contribution in [0.15, 0.2) is 46.8 Å². The lowest BCUT2D eigenvalue weighted by molar-refractivity contribution is 0.103. The second kappa shape index (κ2) is 11.0. The van der Waals surface area contributed by atoms with Crippen molar-refractivity contribution >= 4 is 33.2 Å². The van der Waals surface area contributed by atoms with Gasteiger partial charge in [0.15, 0.2) is 0 Å². The number of carbonyl (C=O) groups is 2. The molecule has 0 atom stereocenters. The number of hydrogen-bond donors (Lipinski definition) is 1. The lowest BCUT2D eigenvalue weighted by Gasteiger charge is -2.09. The summed E-state index contributed by atoms with van der Waals surface area (Å²) in [7, 11) is -2.45. The van der Waals surface area contributed by atoms with Gasteiger partial charge in [-0.1, -0.05) is 51.5 Å². The standard InChI is InChI=1S/C24H29N3O5S2/c1-5-6-13-32-24(29)26-34(30,31)23-20(15-19(33-23)14-16(2)3)17-7-9-18(10-8-17)22(28)21-11-12-25-27(21)4/h7-12,15-16H,5-6,13-14H2,1-4H3,(H,26,29). The van der Waals surface area contributed by atoms with Crippen molar-refractivity contribution in [1.29, 1.82) is 0 Å². The van der Waals surface area contributed by atoms with Crippen LogP contribution < -0.4 is 4.72 Å². The first-order chi connectivity index (χ1) is 16.1. The lowest BCUT2D eigenvalue weighted by Crippen LogP contribution is -2.31. The fourth-order valence-electron chi connectivity index (χ4n) is 3.37. The maximum atomic E-state index is 13.1. The maximum absolute atomic E-state index is 13.1. The molecule has 0 aliphatic heterocycles. The summed E-state index contributed by atoms with van der Waals surface area (Å²) in [6.07, 6.45) is 2.74. The number of ether oxygens (including phenoxy) is 1. The molecule has 3 rings (SSSR count). The Morgan fingerprint density at radius 3 is 2.47 bits per heavy atom. The normalized spacial score (nSPS) is 11.6. The van der Waals surface area contributed by atoms with Crippen molar-refractivity contribution < 1.29 is 22.7 Å². The van der Waals surface area contributed by atoms with E-state index in [2.05, 4.69) is 18.9 Å². The van der Waals surface area contributed by atoms with Crippen LogP contribution in [0.2, 0.25) is 0 Å². The molecule has 3 aromatic rings. The van der Waals surface area contributed by atoms with Gasteiger partial charge < -0.3 is 4.74 Å². The number of amides is 1. The second-order valence-corrected chi connectivity index (χ2v) is 11.4. The smallest absolute Gasteiger partial charge is 0.421 e. The van der Waals surface area contributed by atoms with Crippen LogP contribution in [0.25, 0.3) is 11.1 Å². The van der Waals surface area contributed by atoms with E-state index in [0.29, 0.717) is 41.1 Å². The average Bonchev–Trinajstić information content (AvgIpc) is 3.39. The predicted molar refractivity (Wildman–Crippen MR) is 132 cm³/mol. The third-order valence-electron chi connectivity index (χ3n) is 5.06. The van der Waals surface area contributed by atoms with Crippen molar-refractivity contribution in [2.45, 2.75) is 44.2 Å². The van der Waals surface area contributed by atoms with Crippen LogP contribution in [0.4, 0.5) is 4.79 Å². The molecule has 0 spiro atoms. The van der Waals surface area contributed by atoms with Gasteiger partial charge >= 0.3 is 6.09 Å². The van der Waals surface area contributed by atoms with Gasteiger partial charge in [-0.2, -0.15) is 5.10 Å². The van der Waals surface area contributed by atoms with E-state index >= 15 is 0 Å². The summed E-state index contributed by atoms with van der Waals surface area (Å²) in [6.45, 7) is 6.20. The van der Waals surface area contributed by atoms with Gasteiger partial charge in [-0.05, 0) is 36.5 Å². The molecule has 10 heteroatoms. The van der Waals surface area contributed by atoms with Gasteiger partial charge in [-0.15, -0.1) is 11.3 Å². The second-order valence-electron chi connectivity index (χ2n) is 8.35. The molecule has 1 aromatic carbocycles. The Balaban J connectivity index is 1.92. The number of rotatable bonds is 10. The summed E-state index contributed by atoms with van der Waals surface area (Å²) in [5, 5.41) is 4.03. The molecule has 2 heterocycles. The van der Waals surface area contributed by atoms with Crippen molar-refractivity contribution in [3.05, 3.63) is 58.7 Å². The highest BCUT2D eigenvalue weighted by atomic mass is 32.2. The fraction of sp³-hybridized carbons (Fsp3) is 0.375. The number of hydrogen-bond acceptors (Lipinski definition) is 7. The molecular weight excluding hydrogens is 474 g/mol. The average molecular weight is 504 g/mol.